The molecule has 2 heterocycles. The molecule has 2 N–H and O–H groups in total. The number of carbonyl (C=O) groups is 2. The molecule has 3 aromatic rings. The first-order valence-corrected chi connectivity index (χ1v) is 8.94. The summed E-state index contributed by atoms with van der Waals surface area (Å²) in [5.41, 5.74) is 2.05. The molecule has 0 aliphatic carbocycles. The second kappa shape index (κ2) is 8.39. The third-order valence-corrected chi connectivity index (χ3v) is 4.77. The lowest BCUT2D eigenvalue weighted by atomic mass is 10.1. The van der Waals surface area contributed by atoms with Crippen LogP contribution in [0.2, 0.25) is 0 Å². The first-order valence-electron chi connectivity index (χ1n) is 8.12. The summed E-state index contributed by atoms with van der Waals surface area (Å²) in [7, 11) is 0. The Morgan fingerprint density at radius 1 is 1.12 bits per heavy atom. The van der Waals surface area contributed by atoms with Crippen molar-refractivity contribution in [1.82, 2.24) is 25.4 Å². The Kier molecular flexibility index (Phi) is 5.75. The Hall–Kier alpha value is -3.00. The molecular weight excluding hydrogens is 350 g/mol. The molecule has 0 radical (unpaired) electrons. The number of thiophene rings is 1. The van der Waals surface area contributed by atoms with Crippen LogP contribution in [0.3, 0.4) is 0 Å². The van der Waals surface area contributed by atoms with Crippen LogP contribution in [0.5, 0.6) is 0 Å². The van der Waals surface area contributed by atoms with E-state index in [1.807, 2.05) is 37.3 Å². The number of rotatable bonds is 7. The van der Waals surface area contributed by atoms with Gasteiger partial charge in [0.15, 0.2) is 0 Å². The normalized spacial score (nSPS) is 10.5. The third-order valence-electron chi connectivity index (χ3n) is 3.77. The topological polar surface area (TPSA) is 88.9 Å². The molecule has 26 heavy (non-hydrogen) atoms. The number of carbonyl (C=O) groups excluding carboxylic acids is 2. The van der Waals surface area contributed by atoms with Gasteiger partial charge in [-0.1, -0.05) is 24.3 Å². The van der Waals surface area contributed by atoms with Gasteiger partial charge >= 0.3 is 0 Å². The molecule has 1 aromatic carbocycles. The highest BCUT2D eigenvalue weighted by molar-refractivity contribution is 7.13. The van der Waals surface area contributed by atoms with Gasteiger partial charge in [0.25, 0.3) is 5.91 Å². The minimum Gasteiger partial charge on any atom is -0.350 e. The van der Waals surface area contributed by atoms with E-state index in [2.05, 4.69) is 20.7 Å². The molecule has 0 saturated carbocycles. The van der Waals surface area contributed by atoms with Crippen LogP contribution in [-0.4, -0.2) is 33.1 Å². The van der Waals surface area contributed by atoms with Gasteiger partial charge in [0.05, 0.1) is 18.0 Å². The quantitative estimate of drug-likeness (QED) is 0.664. The monoisotopic (exact) mass is 369 g/mol. The van der Waals surface area contributed by atoms with Gasteiger partial charge in [-0.05, 0) is 30.2 Å². The van der Waals surface area contributed by atoms with Crippen molar-refractivity contribution < 1.29 is 9.59 Å². The van der Waals surface area contributed by atoms with Gasteiger partial charge in [-0.3, -0.25) is 9.59 Å². The van der Waals surface area contributed by atoms with Gasteiger partial charge in [-0.15, -0.1) is 11.3 Å². The van der Waals surface area contributed by atoms with E-state index in [1.165, 1.54) is 17.7 Å². The highest BCUT2D eigenvalue weighted by Gasteiger charge is 2.10. The van der Waals surface area contributed by atoms with E-state index in [1.54, 1.807) is 17.1 Å². The van der Waals surface area contributed by atoms with Crippen LogP contribution in [0.15, 0.2) is 49.1 Å². The number of benzene rings is 1. The maximum Gasteiger partial charge on any atom is 0.261 e. The molecule has 0 fully saturated rings. The maximum absolute atomic E-state index is 12.0. The standard InChI is InChI=1S/C18H19N5O2S/c1-13-6-7-16(26-13)18(25)21-9-17(24)20-8-14-4-2-3-5-15(14)10-23-12-19-11-22-23/h2-7,11-12H,8-10H2,1H3,(H,20,24)(H,21,25). The lowest BCUT2D eigenvalue weighted by Gasteiger charge is -2.11. The van der Waals surface area contributed by atoms with Crippen molar-refractivity contribution in [1.29, 1.82) is 0 Å². The SMILES string of the molecule is Cc1ccc(C(=O)NCC(=O)NCc2ccccc2Cn2cncn2)s1. The minimum absolute atomic E-state index is 0.0545. The van der Waals surface area contributed by atoms with Gasteiger partial charge in [-0.25, -0.2) is 9.67 Å². The van der Waals surface area contributed by atoms with Crippen molar-refractivity contribution in [3.63, 3.8) is 0 Å². The van der Waals surface area contributed by atoms with Crippen LogP contribution in [0.4, 0.5) is 0 Å². The second-order valence-electron chi connectivity index (χ2n) is 5.73. The summed E-state index contributed by atoms with van der Waals surface area (Å²) in [5, 5.41) is 9.57. The fraction of sp³-hybridized carbons (Fsp3) is 0.222. The summed E-state index contributed by atoms with van der Waals surface area (Å²) in [4.78, 5) is 29.6. The molecule has 2 aromatic heterocycles. The lowest BCUT2D eigenvalue weighted by Crippen LogP contribution is -2.36. The Morgan fingerprint density at radius 3 is 2.62 bits per heavy atom. The summed E-state index contributed by atoms with van der Waals surface area (Å²) < 4.78 is 1.73. The van der Waals surface area contributed by atoms with Crippen LogP contribution in [-0.2, 0) is 17.9 Å². The summed E-state index contributed by atoms with van der Waals surface area (Å²) >= 11 is 1.40. The molecule has 0 saturated heterocycles. The summed E-state index contributed by atoms with van der Waals surface area (Å²) in [6, 6.07) is 11.5. The molecular formula is C18H19N5O2S. The third kappa shape index (κ3) is 4.76. The maximum atomic E-state index is 12.0. The predicted molar refractivity (Wildman–Crippen MR) is 98.8 cm³/mol. The minimum atomic E-state index is -0.234. The number of nitrogens with one attached hydrogen (secondary N) is 2. The number of aryl methyl sites for hydroxylation is 1. The molecule has 7 nitrogen and oxygen atoms in total. The Balaban J connectivity index is 1.51. The predicted octanol–water partition coefficient (Wildman–Crippen LogP) is 1.74. The molecule has 0 unspecified atom stereocenters. The Bertz CT molecular complexity index is 889. The zero-order valence-corrected chi connectivity index (χ0v) is 15.1. The van der Waals surface area contributed by atoms with Gasteiger partial charge in [0.1, 0.15) is 12.7 Å². The summed E-state index contributed by atoms with van der Waals surface area (Å²) in [5.74, 6) is -0.466. The van der Waals surface area contributed by atoms with E-state index in [-0.39, 0.29) is 18.4 Å². The average Bonchev–Trinajstić information content (AvgIpc) is 3.30. The molecule has 3 rings (SSSR count). The van der Waals surface area contributed by atoms with E-state index in [0.29, 0.717) is 18.0 Å². The number of aromatic nitrogens is 3. The largest absolute Gasteiger partial charge is 0.350 e. The van der Waals surface area contributed by atoms with E-state index in [9.17, 15) is 9.59 Å². The van der Waals surface area contributed by atoms with Crippen molar-refractivity contribution in [2.75, 3.05) is 6.54 Å². The molecule has 2 amide bonds. The molecule has 0 aliphatic rings. The highest BCUT2D eigenvalue weighted by atomic mass is 32.1. The fourth-order valence-electron chi connectivity index (χ4n) is 2.43. The first-order chi connectivity index (χ1) is 12.6. The van der Waals surface area contributed by atoms with Crippen LogP contribution in [0, 0.1) is 6.92 Å². The Morgan fingerprint density at radius 2 is 1.92 bits per heavy atom. The summed E-state index contributed by atoms with van der Waals surface area (Å²) in [6.07, 6.45) is 3.14. The number of hydrogen-bond acceptors (Lipinski definition) is 5. The van der Waals surface area contributed by atoms with E-state index in [0.717, 1.165) is 16.0 Å². The smallest absolute Gasteiger partial charge is 0.261 e. The van der Waals surface area contributed by atoms with Crippen molar-refractivity contribution in [2.45, 2.75) is 20.0 Å². The van der Waals surface area contributed by atoms with Crippen molar-refractivity contribution in [3.8, 4) is 0 Å². The molecule has 0 spiro atoms. The lowest BCUT2D eigenvalue weighted by molar-refractivity contribution is -0.120. The number of hydrogen-bond donors (Lipinski definition) is 2. The van der Waals surface area contributed by atoms with Crippen LogP contribution in [0.25, 0.3) is 0 Å². The van der Waals surface area contributed by atoms with Crippen molar-refractivity contribution >= 4 is 23.2 Å². The van der Waals surface area contributed by atoms with Gasteiger partial charge in [0, 0.05) is 11.4 Å². The van der Waals surface area contributed by atoms with Crippen molar-refractivity contribution in [2.24, 2.45) is 0 Å². The molecule has 0 aliphatic heterocycles. The molecule has 0 bridgehead atoms. The van der Waals surface area contributed by atoms with Gasteiger partial charge in [-0.2, -0.15) is 5.10 Å². The van der Waals surface area contributed by atoms with Crippen LogP contribution in [0.1, 0.15) is 25.7 Å². The fourth-order valence-corrected chi connectivity index (χ4v) is 3.22. The van der Waals surface area contributed by atoms with Crippen LogP contribution >= 0.6 is 11.3 Å². The second-order valence-corrected chi connectivity index (χ2v) is 7.02. The molecule has 0 atom stereocenters. The van der Waals surface area contributed by atoms with E-state index in [4.69, 9.17) is 0 Å². The highest BCUT2D eigenvalue weighted by Crippen LogP contribution is 2.14. The first kappa shape index (κ1) is 17.8. The number of nitrogens with zero attached hydrogens (tertiary/aromatic N) is 3. The zero-order valence-electron chi connectivity index (χ0n) is 14.3. The Labute approximate surface area is 155 Å². The van der Waals surface area contributed by atoms with Gasteiger partial charge < -0.3 is 10.6 Å². The molecule has 8 heteroatoms. The van der Waals surface area contributed by atoms with Gasteiger partial charge in [0.2, 0.25) is 5.91 Å². The van der Waals surface area contributed by atoms with Crippen molar-refractivity contribution in [3.05, 3.63) is 69.9 Å². The van der Waals surface area contributed by atoms with E-state index >= 15 is 0 Å². The number of amides is 2. The summed E-state index contributed by atoms with van der Waals surface area (Å²) in [6.45, 7) is 2.85. The van der Waals surface area contributed by atoms with E-state index < -0.39 is 0 Å². The average molecular weight is 369 g/mol. The zero-order chi connectivity index (χ0) is 18.4. The molecule has 134 valence electrons. The van der Waals surface area contributed by atoms with Crippen LogP contribution < -0.4 is 10.6 Å².